The number of carbonyl (C=O) groups is 1. The van der Waals surface area contributed by atoms with Crippen LogP contribution in [0.5, 0.6) is 0 Å². The second kappa shape index (κ2) is 5.23. The Morgan fingerprint density at radius 3 is 2.90 bits per heavy atom. The van der Waals surface area contributed by atoms with Crippen molar-refractivity contribution in [3.05, 3.63) is 29.6 Å². The lowest BCUT2D eigenvalue weighted by atomic mass is 9.80. The van der Waals surface area contributed by atoms with Crippen LogP contribution >= 0.6 is 0 Å². The van der Waals surface area contributed by atoms with E-state index in [0.717, 1.165) is 30.8 Å². The van der Waals surface area contributed by atoms with E-state index in [4.69, 9.17) is 4.74 Å². The molecule has 0 spiro atoms. The lowest BCUT2D eigenvalue weighted by Gasteiger charge is -2.38. The molecule has 0 amide bonds. The van der Waals surface area contributed by atoms with Crippen molar-refractivity contribution < 1.29 is 9.53 Å². The maximum Gasteiger partial charge on any atom is 0.308 e. The Labute approximate surface area is 118 Å². The van der Waals surface area contributed by atoms with Crippen LogP contribution in [0.2, 0.25) is 0 Å². The number of pyridine rings is 1. The van der Waals surface area contributed by atoms with Gasteiger partial charge in [-0.05, 0) is 31.9 Å². The summed E-state index contributed by atoms with van der Waals surface area (Å²) in [6.07, 6.45) is 3.66. The Morgan fingerprint density at radius 1 is 1.40 bits per heavy atom. The molecule has 20 heavy (non-hydrogen) atoms. The molecule has 1 saturated carbocycles. The highest BCUT2D eigenvalue weighted by Gasteiger charge is 2.40. The molecule has 2 aliphatic rings. The summed E-state index contributed by atoms with van der Waals surface area (Å²) in [5, 5.41) is 6.57. The number of hydrogen-bond acceptors (Lipinski definition) is 5. The van der Waals surface area contributed by atoms with Crippen LogP contribution in [0.25, 0.3) is 0 Å². The van der Waals surface area contributed by atoms with Crippen LogP contribution in [-0.4, -0.2) is 41.9 Å². The molecule has 106 valence electrons. The highest BCUT2D eigenvalue weighted by Crippen LogP contribution is 2.35. The number of rotatable bonds is 3. The third kappa shape index (κ3) is 2.40. The van der Waals surface area contributed by atoms with Crippen molar-refractivity contribution in [3.63, 3.8) is 0 Å². The number of esters is 1. The van der Waals surface area contributed by atoms with Crippen LogP contribution in [0, 0.1) is 12.8 Å². The summed E-state index contributed by atoms with van der Waals surface area (Å²) in [6, 6.07) is 6.45. The monoisotopic (exact) mass is 273 g/mol. The van der Waals surface area contributed by atoms with Crippen LogP contribution < -0.4 is 0 Å². The Balaban J connectivity index is 1.57. The van der Waals surface area contributed by atoms with Crippen molar-refractivity contribution in [2.45, 2.75) is 31.7 Å². The molecule has 1 aromatic rings. The molecule has 1 unspecified atom stereocenters. The Morgan fingerprint density at radius 2 is 2.20 bits per heavy atom. The van der Waals surface area contributed by atoms with Crippen molar-refractivity contribution >= 4 is 12.2 Å². The Hall–Kier alpha value is -1.91. The van der Waals surface area contributed by atoms with E-state index in [1.165, 1.54) is 7.11 Å². The van der Waals surface area contributed by atoms with Crippen molar-refractivity contribution in [2.24, 2.45) is 11.0 Å². The molecule has 1 aliphatic heterocycles. The first kappa shape index (κ1) is 13.1. The molecule has 2 heterocycles. The number of aryl methyl sites for hydroxylation is 1. The van der Waals surface area contributed by atoms with E-state index in [0.29, 0.717) is 6.04 Å². The molecule has 1 aromatic heterocycles. The van der Waals surface area contributed by atoms with Gasteiger partial charge in [-0.15, -0.1) is 0 Å². The fraction of sp³-hybridized carbons (Fsp3) is 0.533. The average Bonchev–Trinajstić information content (AvgIpc) is 2.86. The van der Waals surface area contributed by atoms with Crippen molar-refractivity contribution in [1.82, 2.24) is 9.99 Å². The molecule has 1 aliphatic carbocycles. The molecule has 0 N–H and O–H groups in total. The van der Waals surface area contributed by atoms with Gasteiger partial charge in [0.2, 0.25) is 0 Å². The van der Waals surface area contributed by atoms with Crippen molar-refractivity contribution in [1.29, 1.82) is 0 Å². The molecular weight excluding hydrogens is 254 g/mol. The second-order valence-electron chi connectivity index (χ2n) is 5.54. The molecular formula is C15H19N3O2. The van der Waals surface area contributed by atoms with Gasteiger partial charge in [-0.25, -0.2) is 0 Å². The van der Waals surface area contributed by atoms with Crippen LogP contribution in [0.15, 0.2) is 23.3 Å². The molecule has 0 radical (unpaired) electrons. The highest BCUT2D eigenvalue weighted by atomic mass is 16.5. The van der Waals surface area contributed by atoms with Gasteiger partial charge in [0, 0.05) is 24.5 Å². The molecule has 0 bridgehead atoms. The molecule has 1 atom stereocenters. The van der Waals surface area contributed by atoms with Gasteiger partial charge in [0.25, 0.3) is 0 Å². The van der Waals surface area contributed by atoms with Gasteiger partial charge in [0.05, 0.1) is 24.6 Å². The summed E-state index contributed by atoms with van der Waals surface area (Å²) in [5.74, 6) is 0.213. The molecule has 5 heteroatoms. The summed E-state index contributed by atoms with van der Waals surface area (Å²) in [6.45, 7) is 2.86. The number of nitrogens with zero attached hydrogens (tertiary/aromatic N) is 3. The zero-order valence-electron chi connectivity index (χ0n) is 11.8. The minimum atomic E-state index is -0.0960. The van der Waals surface area contributed by atoms with Gasteiger partial charge in [0.15, 0.2) is 0 Å². The maximum absolute atomic E-state index is 11.4. The number of ether oxygens (including phenoxy) is 1. The van der Waals surface area contributed by atoms with Gasteiger partial charge < -0.3 is 4.74 Å². The predicted molar refractivity (Wildman–Crippen MR) is 75.4 cm³/mol. The molecule has 5 nitrogen and oxygen atoms in total. The first-order valence-electron chi connectivity index (χ1n) is 6.99. The fourth-order valence-electron chi connectivity index (χ4n) is 2.84. The summed E-state index contributed by atoms with van der Waals surface area (Å²) in [4.78, 5) is 15.9. The van der Waals surface area contributed by atoms with Crippen LogP contribution in [0.4, 0.5) is 0 Å². The smallest absolute Gasteiger partial charge is 0.308 e. The SMILES string of the molecule is COC(=O)C1CC(N2CC(c3cccc(C)n3)C=N2)C1. The van der Waals surface area contributed by atoms with Gasteiger partial charge in [-0.2, -0.15) is 5.10 Å². The van der Waals surface area contributed by atoms with Gasteiger partial charge in [0.1, 0.15) is 0 Å². The van der Waals surface area contributed by atoms with Crippen LogP contribution in [0.3, 0.4) is 0 Å². The predicted octanol–water partition coefficient (Wildman–Crippen LogP) is 1.73. The second-order valence-corrected chi connectivity index (χ2v) is 5.54. The summed E-state index contributed by atoms with van der Waals surface area (Å²) in [5.41, 5.74) is 2.10. The molecule has 0 aromatic carbocycles. The average molecular weight is 273 g/mol. The van der Waals surface area contributed by atoms with Crippen LogP contribution in [-0.2, 0) is 9.53 Å². The number of carbonyl (C=O) groups excluding carboxylic acids is 1. The number of hydrogen-bond donors (Lipinski definition) is 0. The first-order valence-corrected chi connectivity index (χ1v) is 6.99. The molecule has 3 rings (SSSR count). The zero-order chi connectivity index (χ0) is 14.1. The lowest BCUT2D eigenvalue weighted by molar-refractivity contribution is -0.150. The van der Waals surface area contributed by atoms with Gasteiger partial charge >= 0.3 is 5.97 Å². The Bertz CT molecular complexity index is 538. The van der Waals surface area contributed by atoms with Gasteiger partial charge in [-0.1, -0.05) is 6.07 Å². The van der Waals surface area contributed by atoms with Crippen molar-refractivity contribution in [3.8, 4) is 0 Å². The minimum Gasteiger partial charge on any atom is -0.469 e. The standard InChI is InChI=1S/C15H19N3O2/c1-10-4-3-5-14(17-10)12-8-16-18(9-12)13-6-11(7-13)15(19)20-2/h3-5,8,11-13H,6-7,9H2,1-2H3. The zero-order valence-corrected chi connectivity index (χ0v) is 11.8. The van der Waals surface area contributed by atoms with E-state index in [2.05, 4.69) is 15.1 Å². The van der Waals surface area contributed by atoms with E-state index in [1.807, 2.05) is 31.3 Å². The first-order chi connectivity index (χ1) is 9.67. The molecule has 0 saturated heterocycles. The van der Waals surface area contributed by atoms with E-state index >= 15 is 0 Å². The lowest BCUT2D eigenvalue weighted by Crippen LogP contribution is -2.44. The van der Waals surface area contributed by atoms with Crippen LogP contribution in [0.1, 0.15) is 30.1 Å². The van der Waals surface area contributed by atoms with E-state index in [9.17, 15) is 4.79 Å². The van der Waals surface area contributed by atoms with Crippen molar-refractivity contribution in [2.75, 3.05) is 13.7 Å². The summed E-state index contributed by atoms with van der Waals surface area (Å²) < 4.78 is 4.76. The fourth-order valence-corrected chi connectivity index (χ4v) is 2.84. The number of hydrazone groups is 1. The maximum atomic E-state index is 11.4. The summed E-state index contributed by atoms with van der Waals surface area (Å²) >= 11 is 0. The highest BCUT2D eigenvalue weighted by molar-refractivity contribution is 5.73. The molecule has 1 fully saturated rings. The minimum absolute atomic E-state index is 0.0522. The normalized spacial score (nSPS) is 28.3. The largest absolute Gasteiger partial charge is 0.469 e. The van der Waals surface area contributed by atoms with E-state index < -0.39 is 0 Å². The number of aromatic nitrogens is 1. The number of methoxy groups -OCH3 is 1. The van der Waals surface area contributed by atoms with E-state index in [-0.39, 0.29) is 17.8 Å². The third-order valence-electron chi connectivity index (χ3n) is 4.14. The Kier molecular flexibility index (Phi) is 3.42. The topological polar surface area (TPSA) is 54.8 Å². The third-order valence-corrected chi connectivity index (χ3v) is 4.14. The van der Waals surface area contributed by atoms with Gasteiger partial charge in [-0.3, -0.25) is 14.8 Å². The quantitative estimate of drug-likeness (QED) is 0.787. The summed E-state index contributed by atoms with van der Waals surface area (Å²) in [7, 11) is 1.45. The van der Waals surface area contributed by atoms with E-state index in [1.54, 1.807) is 0 Å².